The van der Waals surface area contributed by atoms with E-state index in [0.717, 1.165) is 36.1 Å². The Morgan fingerprint density at radius 3 is 2.48 bits per heavy atom. The third kappa shape index (κ3) is 4.09. The van der Waals surface area contributed by atoms with Crippen LogP contribution in [0, 0.1) is 11.8 Å². The van der Waals surface area contributed by atoms with E-state index >= 15 is 0 Å². The number of anilines is 1. The van der Waals surface area contributed by atoms with E-state index in [9.17, 15) is 19.5 Å². The molecular formula is C21H25N2O5S-. The number of fused-ring (bicyclic) bond motifs is 1. The molecule has 0 unspecified atom stereocenters. The minimum absolute atomic E-state index is 0.0667. The van der Waals surface area contributed by atoms with Gasteiger partial charge in [0.25, 0.3) is 5.91 Å². The molecule has 156 valence electrons. The van der Waals surface area contributed by atoms with Crippen LogP contribution in [0.2, 0.25) is 0 Å². The molecule has 2 heterocycles. The van der Waals surface area contributed by atoms with Gasteiger partial charge in [0, 0.05) is 29.9 Å². The largest absolute Gasteiger partial charge is 0.550 e. The summed E-state index contributed by atoms with van der Waals surface area (Å²) in [5.41, 5.74) is 1.64. The zero-order valence-electron chi connectivity index (χ0n) is 16.3. The highest BCUT2D eigenvalue weighted by Gasteiger charge is 2.33. The van der Waals surface area contributed by atoms with Crippen LogP contribution in [-0.4, -0.2) is 49.0 Å². The van der Waals surface area contributed by atoms with Crippen molar-refractivity contribution in [3.05, 3.63) is 28.2 Å². The van der Waals surface area contributed by atoms with Gasteiger partial charge in [-0.2, -0.15) is 0 Å². The number of rotatable bonds is 4. The van der Waals surface area contributed by atoms with Gasteiger partial charge in [-0.1, -0.05) is 12.2 Å². The van der Waals surface area contributed by atoms with E-state index in [4.69, 9.17) is 4.74 Å². The molecule has 0 bridgehead atoms. The summed E-state index contributed by atoms with van der Waals surface area (Å²) in [4.78, 5) is 40.7. The molecule has 1 aromatic heterocycles. The maximum atomic E-state index is 13.3. The number of amides is 2. The van der Waals surface area contributed by atoms with E-state index in [1.165, 1.54) is 11.3 Å². The fourth-order valence-corrected chi connectivity index (χ4v) is 5.66. The zero-order valence-corrected chi connectivity index (χ0v) is 17.1. The molecule has 3 aliphatic rings. The quantitative estimate of drug-likeness (QED) is 0.746. The van der Waals surface area contributed by atoms with Gasteiger partial charge >= 0.3 is 0 Å². The molecule has 1 aliphatic heterocycles. The molecule has 0 aromatic carbocycles. The monoisotopic (exact) mass is 417 g/mol. The van der Waals surface area contributed by atoms with Crippen molar-refractivity contribution in [2.45, 2.75) is 38.5 Å². The molecule has 0 saturated carbocycles. The van der Waals surface area contributed by atoms with Gasteiger partial charge in [0.2, 0.25) is 5.91 Å². The number of allylic oxidation sites excluding steroid dienone is 2. The van der Waals surface area contributed by atoms with E-state index < -0.39 is 17.8 Å². The first-order valence-corrected chi connectivity index (χ1v) is 11.1. The third-order valence-corrected chi connectivity index (χ3v) is 7.20. The van der Waals surface area contributed by atoms with Gasteiger partial charge in [-0.05, 0) is 44.1 Å². The molecular weight excluding hydrogens is 392 g/mol. The van der Waals surface area contributed by atoms with Crippen molar-refractivity contribution >= 4 is 34.1 Å². The number of hydrogen-bond acceptors (Lipinski definition) is 6. The first kappa shape index (κ1) is 20.1. The molecule has 2 aliphatic carbocycles. The highest BCUT2D eigenvalue weighted by molar-refractivity contribution is 7.17. The molecule has 1 aromatic rings. The average molecular weight is 418 g/mol. The lowest BCUT2D eigenvalue weighted by Gasteiger charge is -2.29. The normalized spacial score (nSPS) is 24.1. The lowest BCUT2D eigenvalue weighted by Crippen LogP contribution is -2.42. The van der Waals surface area contributed by atoms with Gasteiger partial charge in [-0.3, -0.25) is 9.59 Å². The summed E-state index contributed by atoms with van der Waals surface area (Å²) in [6.45, 7) is 2.11. The number of nitrogens with zero attached hydrogens (tertiary/aromatic N) is 1. The number of hydrogen-bond donors (Lipinski definition) is 1. The summed E-state index contributed by atoms with van der Waals surface area (Å²) in [6.07, 6.45) is 8.12. The van der Waals surface area contributed by atoms with Crippen molar-refractivity contribution in [3.63, 3.8) is 0 Å². The zero-order chi connectivity index (χ0) is 20.4. The number of aryl methyl sites for hydroxylation is 1. The van der Waals surface area contributed by atoms with Crippen LogP contribution in [-0.2, 0) is 27.2 Å². The van der Waals surface area contributed by atoms with Crippen LogP contribution in [0.5, 0.6) is 0 Å². The molecule has 1 fully saturated rings. The van der Waals surface area contributed by atoms with Gasteiger partial charge in [0.1, 0.15) is 5.00 Å². The number of morpholine rings is 1. The van der Waals surface area contributed by atoms with E-state index in [1.54, 1.807) is 11.0 Å². The standard InChI is InChI=1S/C21H26N2O5S/c24-18(13-5-1-2-6-14(13)21(26)27)22-19-17(15-7-3-4-8-16(15)29-19)20(25)23-9-11-28-12-10-23/h1-2,13-14H,3-12H2,(H,22,24)(H,26,27)/p-1/t13-,14-/m1/s1. The number of ether oxygens (including phenoxy) is 1. The summed E-state index contributed by atoms with van der Waals surface area (Å²) >= 11 is 1.46. The van der Waals surface area contributed by atoms with Crippen LogP contribution in [0.25, 0.3) is 0 Å². The highest BCUT2D eigenvalue weighted by atomic mass is 32.1. The lowest BCUT2D eigenvalue weighted by atomic mass is 9.82. The maximum absolute atomic E-state index is 13.3. The van der Waals surface area contributed by atoms with Crippen LogP contribution in [0.1, 0.15) is 46.5 Å². The van der Waals surface area contributed by atoms with Gasteiger partial charge in [0.05, 0.1) is 24.7 Å². The fraction of sp³-hybridized carbons (Fsp3) is 0.571. The maximum Gasteiger partial charge on any atom is 0.257 e. The molecule has 29 heavy (non-hydrogen) atoms. The first-order valence-electron chi connectivity index (χ1n) is 10.2. The summed E-state index contributed by atoms with van der Waals surface area (Å²) in [6, 6.07) is 0. The van der Waals surface area contributed by atoms with Crippen LogP contribution >= 0.6 is 11.3 Å². The first-order chi connectivity index (χ1) is 14.1. The number of aliphatic carboxylic acids is 1. The third-order valence-electron chi connectivity index (χ3n) is 5.99. The molecule has 2 amide bonds. The van der Waals surface area contributed by atoms with Crippen molar-refractivity contribution in [1.82, 2.24) is 4.90 Å². The molecule has 4 rings (SSSR count). The summed E-state index contributed by atoms with van der Waals surface area (Å²) in [5.74, 6) is -3.14. The number of carboxylic acid groups (broad SMARTS) is 1. The molecule has 8 heteroatoms. The van der Waals surface area contributed by atoms with Gasteiger partial charge in [-0.25, -0.2) is 0 Å². The molecule has 2 atom stereocenters. The topological polar surface area (TPSA) is 98.8 Å². The Labute approximate surface area is 173 Å². The Balaban J connectivity index is 1.62. The average Bonchev–Trinajstić information content (AvgIpc) is 3.11. The Kier molecular flexibility index (Phi) is 6.01. The van der Waals surface area contributed by atoms with Gasteiger partial charge < -0.3 is 24.9 Å². The van der Waals surface area contributed by atoms with Gasteiger partial charge in [0.15, 0.2) is 0 Å². The smallest absolute Gasteiger partial charge is 0.257 e. The number of thiophene rings is 1. The van der Waals surface area contributed by atoms with Crippen molar-refractivity contribution in [3.8, 4) is 0 Å². The summed E-state index contributed by atoms with van der Waals surface area (Å²) in [7, 11) is 0. The van der Waals surface area contributed by atoms with Gasteiger partial charge in [-0.15, -0.1) is 11.3 Å². The minimum Gasteiger partial charge on any atom is -0.550 e. The molecule has 0 spiro atoms. The number of nitrogens with one attached hydrogen (secondary N) is 1. The number of carboxylic acids is 1. The van der Waals surface area contributed by atoms with E-state index in [1.807, 2.05) is 6.08 Å². The van der Waals surface area contributed by atoms with E-state index in [0.29, 0.717) is 49.7 Å². The number of carbonyl (C=O) groups is 3. The lowest BCUT2D eigenvalue weighted by molar-refractivity contribution is -0.313. The Morgan fingerprint density at radius 1 is 1.07 bits per heavy atom. The van der Waals surface area contributed by atoms with Crippen LogP contribution < -0.4 is 10.4 Å². The molecule has 1 saturated heterocycles. The van der Waals surface area contributed by atoms with Crippen molar-refractivity contribution < 1.29 is 24.2 Å². The Hall–Kier alpha value is -2.19. The second kappa shape index (κ2) is 8.67. The van der Waals surface area contributed by atoms with Crippen LogP contribution in [0.15, 0.2) is 12.2 Å². The Bertz CT molecular complexity index is 840. The molecule has 7 nitrogen and oxygen atoms in total. The summed E-state index contributed by atoms with van der Waals surface area (Å²) < 4.78 is 5.36. The second-order valence-corrected chi connectivity index (χ2v) is 8.89. The fourth-order valence-electron chi connectivity index (χ4n) is 4.37. The van der Waals surface area contributed by atoms with Crippen molar-refractivity contribution in [1.29, 1.82) is 0 Å². The predicted molar refractivity (Wildman–Crippen MR) is 107 cm³/mol. The summed E-state index contributed by atoms with van der Waals surface area (Å²) in [5, 5.41) is 14.9. The van der Waals surface area contributed by atoms with E-state index in [-0.39, 0.29) is 11.8 Å². The number of carbonyl (C=O) groups excluding carboxylic acids is 3. The molecule has 0 radical (unpaired) electrons. The second-order valence-electron chi connectivity index (χ2n) is 7.78. The predicted octanol–water partition coefficient (Wildman–Crippen LogP) is 1.37. The van der Waals surface area contributed by atoms with E-state index in [2.05, 4.69) is 5.32 Å². The van der Waals surface area contributed by atoms with Crippen molar-refractivity contribution in [2.75, 3.05) is 31.6 Å². The van der Waals surface area contributed by atoms with Crippen LogP contribution in [0.3, 0.4) is 0 Å². The van der Waals surface area contributed by atoms with Crippen LogP contribution in [0.4, 0.5) is 5.00 Å². The highest BCUT2D eigenvalue weighted by Crippen LogP contribution is 2.39. The SMILES string of the molecule is O=C([O-])[C@@H]1CC=CC[C@H]1C(=O)Nc1sc2c(c1C(=O)N1CCOCC1)CCCC2. The Morgan fingerprint density at radius 2 is 1.76 bits per heavy atom. The molecule has 1 N–H and O–H groups in total. The van der Waals surface area contributed by atoms with Crippen molar-refractivity contribution in [2.24, 2.45) is 11.8 Å². The minimum atomic E-state index is -1.20.